The topological polar surface area (TPSA) is 93.9 Å². The van der Waals surface area contributed by atoms with Gasteiger partial charge in [0, 0.05) is 35.8 Å². The number of benzene rings is 2. The van der Waals surface area contributed by atoms with Crippen molar-refractivity contribution in [3.63, 3.8) is 0 Å². The van der Waals surface area contributed by atoms with E-state index in [-0.39, 0.29) is 19.1 Å². The molecule has 1 aliphatic rings. The molecule has 1 aliphatic heterocycles. The summed E-state index contributed by atoms with van der Waals surface area (Å²) in [6, 6.07) is 16.0. The van der Waals surface area contributed by atoms with Crippen LogP contribution in [0.5, 0.6) is 34.8 Å². The number of fused-ring (bicyclic) bond motifs is 1. The van der Waals surface area contributed by atoms with Crippen LogP contribution in [0.15, 0.2) is 73.3 Å². The zero-order valence-electron chi connectivity index (χ0n) is 17.6. The lowest BCUT2D eigenvalue weighted by molar-refractivity contribution is -0.139. The summed E-state index contributed by atoms with van der Waals surface area (Å²) >= 11 is 0. The van der Waals surface area contributed by atoms with Crippen LogP contribution in [-0.2, 0) is 16.0 Å². The van der Waals surface area contributed by atoms with E-state index < -0.39 is 5.97 Å². The summed E-state index contributed by atoms with van der Waals surface area (Å²) < 4.78 is 29.3. The van der Waals surface area contributed by atoms with Gasteiger partial charge >= 0.3 is 5.97 Å². The lowest BCUT2D eigenvalue weighted by atomic mass is 10.2. The van der Waals surface area contributed by atoms with Gasteiger partial charge in [0.25, 0.3) is 0 Å². The third-order valence-electron chi connectivity index (χ3n) is 4.90. The number of hydrogen-bond acceptors (Lipinski definition) is 8. The van der Waals surface area contributed by atoms with Gasteiger partial charge in [-0.1, -0.05) is 0 Å². The van der Waals surface area contributed by atoms with Crippen molar-refractivity contribution in [1.29, 1.82) is 0 Å². The quantitative estimate of drug-likeness (QED) is 0.389. The predicted octanol–water partition coefficient (Wildman–Crippen LogP) is 4.30. The third kappa shape index (κ3) is 4.57. The zero-order chi connectivity index (χ0) is 22.6. The Labute approximate surface area is 189 Å². The minimum atomic E-state index is -0.401. The highest BCUT2D eigenvalue weighted by atomic mass is 16.7. The second-order valence-corrected chi connectivity index (χ2v) is 7.05. The van der Waals surface area contributed by atoms with Gasteiger partial charge in [0.05, 0.1) is 19.9 Å². The number of carbonyl (C=O) groups excluding carboxylic acids is 1. The summed E-state index contributed by atoms with van der Waals surface area (Å²) in [5.74, 6) is 2.49. The average Bonchev–Trinajstić information content (AvgIpc) is 3.53. The molecule has 0 aliphatic carbocycles. The second-order valence-electron chi connectivity index (χ2n) is 7.05. The highest BCUT2D eigenvalue weighted by Crippen LogP contribution is 2.37. The first-order valence-electron chi connectivity index (χ1n) is 10.1. The number of ether oxygens (including phenoxy) is 5. The van der Waals surface area contributed by atoms with Crippen LogP contribution >= 0.6 is 0 Å². The number of nitrogens with zero attached hydrogens (tertiary/aromatic N) is 3. The van der Waals surface area contributed by atoms with E-state index in [1.807, 2.05) is 35.0 Å². The Kier molecular flexibility index (Phi) is 5.50. The van der Waals surface area contributed by atoms with Crippen molar-refractivity contribution in [2.45, 2.75) is 6.42 Å². The normalized spacial score (nSPS) is 11.8. The van der Waals surface area contributed by atoms with Crippen LogP contribution in [-0.4, -0.2) is 34.4 Å². The smallest absolute Gasteiger partial charge is 0.310 e. The van der Waals surface area contributed by atoms with Crippen molar-refractivity contribution in [2.75, 3.05) is 13.9 Å². The maximum absolute atomic E-state index is 11.9. The SMILES string of the molecule is COC(=O)Cc1ccc(Oc2ccc3c(c2)OCO3)nc1Oc1ccc(-n2ccnc2)cc1. The van der Waals surface area contributed by atoms with Crippen LogP contribution in [0.1, 0.15) is 5.56 Å². The fourth-order valence-electron chi connectivity index (χ4n) is 3.23. The molecule has 0 amide bonds. The molecule has 2 aromatic heterocycles. The maximum atomic E-state index is 11.9. The maximum Gasteiger partial charge on any atom is 0.310 e. The summed E-state index contributed by atoms with van der Waals surface area (Å²) in [6.07, 6.45) is 5.28. The molecule has 166 valence electrons. The summed E-state index contributed by atoms with van der Waals surface area (Å²) in [7, 11) is 1.34. The summed E-state index contributed by atoms with van der Waals surface area (Å²) in [4.78, 5) is 20.4. The van der Waals surface area contributed by atoms with Gasteiger partial charge in [-0.3, -0.25) is 4.79 Å². The van der Waals surface area contributed by atoms with Crippen LogP contribution in [0.25, 0.3) is 5.69 Å². The first kappa shape index (κ1) is 20.4. The largest absolute Gasteiger partial charge is 0.469 e. The van der Waals surface area contributed by atoms with E-state index >= 15 is 0 Å². The number of carbonyl (C=O) groups is 1. The Morgan fingerprint density at radius 1 is 1.00 bits per heavy atom. The van der Waals surface area contributed by atoms with E-state index in [0.29, 0.717) is 34.4 Å². The minimum absolute atomic E-state index is 0.0102. The van der Waals surface area contributed by atoms with Crippen molar-refractivity contribution >= 4 is 5.97 Å². The lowest BCUT2D eigenvalue weighted by Gasteiger charge is -2.13. The second kappa shape index (κ2) is 8.91. The Hall–Kier alpha value is -4.53. The van der Waals surface area contributed by atoms with Crippen LogP contribution < -0.4 is 18.9 Å². The monoisotopic (exact) mass is 445 g/mol. The molecule has 0 saturated heterocycles. The Morgan fingerprint density at radius 2 is 1.82 bits per heavy atom. The fourth-order valence-corrected chi connectivity index (χ4v) is 3.23. The summed E-state index contributed by atoms with van der Waals surface area (Å²) in [5.41, 5.74) is 1.50. The Balaban J connectivity index is 1.40. The van der Waals surface area contributed by atoms with E-state index in [9.17, 15) is 4.79 Å². The Bertz CT molecular complexity index is 1270. The van der Waals surface area contributed by atoms with Crippen LogP contribution in [0.3, 0.4) is 0 Å². The standard InChI is InChI=1S/C24H19N3O6/c1-29-23(28)12-16-2-9-22(32-19-7-8-20-21(13-19)31-15-30-20)26-24(16)33-18-5-3-17(4-6-18)27-11-10-25-14-27/h2-11,13-14H,12,15H2,1H3. The molecular weight excluding hydrogens is 426 g/mol. The number of aromatic nitrogens is 3. The number of esters is 1. The van der Waals surface area contributed by atoms with Gasteiger partial charge in [-0.05, 0) is 42.5 Å². The highest BCUT2D eigenvalue weighted by Gasteiger charge is 2.17. The zero-order valence-corrected chi connectivity index (χ0v) is 17.6. The molecule has 0 spiro atoms. The molecule has 3 heterocycles. The van der Waals surface area contributed by atoms with Crippen LogP contribution in [0.2, 0.25) is 0 Å². The van der Waals surface area contributed by atoms with Crippen molar-refractivity contribution in [1.82, 2.24) is 14.5 Å². The van der Waals surface area contributed by atoms with E-state index in [4.69, 9.17) is 23.7 Å². The first-order chi connectivity index (χ1) is 16.2. The molecule has 0 fully saturated rings. The van der Waals surface area contributed by atoms with Gasteiger partial charge in [0.1, 0.15) is 11.5 Å². The van der Waals surface area contributed by atoms with Gasteiger partial charge in [0.2, 0.25) is 18.6 Å². The highest BCUT2D eigenvalue weighted by molar-refractivity contribution is 5.73. The molecule has 33 heavy (non-hydrogen) atoms. The molecular formula is C24H19N3O6. The number of imidazole rings is 1. The molecule has 9 heteroatoms. The molecule has 4 aromatic rings. The van der Waals surface area contributed by atoms with Crippen LogP contribution in [0.4, 0.5) is 0 Å². The van der Waals surface area contributed by atoms with Crippen molar-refractivity contribution in [3.05, 3.63) is 78.9 Å². The number of methoxy groups -OCH3 is 1. The predicted molar refractivity (Wildman–Crippen MR) is 116 cm³/mol. The van der Waals surface area contributed by atoms with Crippen LogP contribution in [0, 0.1) is 0 Å². The van der Waals surface area contributed by atoms with E-state index in [2.05, 4.69) is 9.97 Å². The number of hydrogen-bond donors (Lipinski definition) is 0. The summed E-state index contributed by atoms with van der Waals surface area (Å²) in [5, 5.41) is 0. The number of pyridine rings is 1. The molecule has 2 aromatic carbocycles. The molecule has 0 radical (unpaired) electrons. The first-order valence-corrected chi connectivity index (χ1v) is 10.1. The van der Waals surface area contributed by atoms with Gasteiger partial charge in [0.15, 0.2) is 11.5 Å². The molecule has 0 atom stereocenters. The van der Waals surface area contributed by atoms with Crippen molar-refractivity contribution < 1.29 is 28.5 Å². The van der Waals surface area contributed by atoms with Crippen molar-refractivity contribution in [3.8, 4) is 40.4 Å². The molecule has 9 nitrogen and oxygen atoms in total. The average molecular weight is 445 g/mol. The van der Waals surface area contributed by atoms with Gasteiger partial charge in [-0.25, -0.2) is 4.98 Å². The fraction of sp³-hybridized carbons (Fsp3) is 0.125. The molecule has 0 N–H and O–H groups in total. The minimum Gasteiger partial charge on any atom is -0.469 e. The van der Waals surface area contributed by atoms with Gasteiger partial charge in [-0.2, -0.15) is 4.98 Å². The molecule has 0 unspecified atom stereocenters. The molecule has 0 bridgehead atoms. The molecule has 0 saturated carbocycles. The number of rotatable bonds is 7. The third-order valence-corrected chi connectivity index (χ3v) is 4.90. The van der Waals surface area contributed by atoms with Gasteiger partial charge < -0.3 is 28.3 Å². The lowest BCUT2D eigenvalue weighted by Crippen LogP contribution is -2.07. The van der Waals surface area contributed by atoms with E-state index in [1.54, 1.807) is 42.9 Å². The van der Waals surface area contributed by atoms with E-state index in [0.717, 1.165) is 5.69 Å². The molecule has 5 rings (SSSR count). The summed E-state index contributed by atoms with van der Waals surface area (Å²) in [6.45, 7) is 0.177. The Morgan fingerprint density at radius 3 is 2.61 bits per heavy atom. The van der Waals surface area contributed by atoms with Crippen molar-refractivity contribution in [2.24, 2.45) is 0 Å². The van der Waals surface area contributed by atoms with E-state index in [1.165, 1.54) is 7.11 Å². The van der Waals surface area contributed by atoms with Gasteiger partial charge in [-0.15, -0.1) is 0 Å².